The van der Waals surface area contributed by atoms with E-state index in [4.69, 9.17) is 4.74 Å². The van der Waals surface area contributed by atoms with E-state index in [-0.39, 0.29) is 18.2 Å². The van der Waals surface area contributed by atoms with E-state index in [9.17, 15) is 9.18 Å². The molecule has 0 amide bonds. The Morgan fingerprint density at radius 2 is 1.90 bits per heavy atom. The predicted molar refractivity (Wildman–Crippen MR) is 80.6 cm³/mol. The molecule has 2 rings (SSSR count). The molecule has 0 spiro atoms. The Hall–Kier alpha value is -2.36. The van der Waals surface area contributed by atoms with E-state index in [1.807, 2.05) is 24.3 Å². The second-order valence-electron chi connectivity index (χ2n) is 4.84. The van der Waals surface area contributed by atoms with Crippen LogP contribution in [-0.4, -0.2) is 13.1 Å². The fourth-order valence-corrected chi connectivity index (χ4v) is 2.08. The third-order valence-electron chi connectivity index (χ3n) is 3.32. The minimum Gasteiger partial charge on any atom is -0.469 e. The van der Waals surface area contributed by atoms with Gasteiger partial charge in [0.15, 0.2) is 0 Å². The van der Waals surface area contributed by atoms with E-state index in [0.29, 0.717) is 12.1 Å². The van der Waals surface area contributed by atoms with Crippen LogP contribution in [0.2, 0.25) is 0 Å². The van der Waals surface area contributed by atoms with Crippen LogP contribution in [0.3, 0.4) is 0 Å². The van der Waals surface area contributed by atoms with Gasteiger partial charge in [-0.25, -0.2) is 4.39 Å². The fourth-order valence-electron chi connectivity index (χ4n) is 2.08. The molecule has 2 aromatic carbocycles. The Kier molecular flexibility index (Phi) is 4.93. The first-order chi connectivity index (χ1) is 10.1. The van der Waals surface area contributed by atoms with Gasteiger partial charge in [-0.3, -0.25) is 4.79 Å². The number of benzene rings is 2. The van der Waals surface area contributed by atoms with Crippen LogP contribution < -0.4 is 5.32 Å². The number of aryl methyl sites for hydroxylation is 1. The van der Waals surface area contributed by atoms with Gasteiger partial charge in [0.1, 0.15) is 5.82 Å². The highest BCUT2D eigenvalue weighted by Gasteiger charge is 2.07. The van der Waals surface area contributed by atoms with E-state index in [1.165, 1.54) is 13.2 Å². The van der Waals surface area contributed by atoms with E-state index in [2.05, 4.69) is 5.32 Å². The van der Waals surface area contributed by atoms with Crippen molar-refractivity contribution < 1.29 is 13.9 Å². The number of halogens is 1. The zero-order valence-electron chi connectivity index (χ0n) is 12.2. The van der Waals surface area contributed by atoms with Crippen LogP contribution in [0.15, 0.2) is 42.5 Å². The molecule has 110 valence electrons. The van der Waals surface area contributed by atoms with E-state index in [1.54, 1.807) is 19.1 Å². The van der Waals surface area contributed by atoms with Crippen LogP contribution in [0.1, 0.15) is 16.7 Å². The second-order valence-corrected chi connectivity index (χ2v) is 4.84. The molecule has 0 heterocycles. The Balaban J connectivity index is 2.09. The van der Waals surface area contributed by atoms with Crippen molar-refractivity contribution in [3.8, 4) is 0 Å². The van der Waals surface area contributed by atoms with E-state index < -0.39 is 0 Å². The van der Waals surface area contributed by atoms with Gasteiger partial charge >= 0.3 is 5.97 Å². The van der Waals surface area contributed by atoms with Gasteiger partial charge in [0, 0.05) is 12.2 Å². The Morgan fingerprint density at radius 1 is 1.19 bits per heavy atom. The summed E-state index contributed by atoms with van der Waals surface area (Å²) in [5.41, 5.74) is 3.39. The second kappa shape index (κ2) is 6.88. The normalized spacial score (nSPS) is 10.2. The summed E-state index contributed by atoms with van der Waals surface area (Å²) in [6.07, 6.45) is 0.247. The SMILES string of the molecule is COC(=O)Cc1ccccc1CNc1ccc(F)c(C)c1. The molecule has 0 bridgehead atoms. The molecular formula is C17H18FNO2. The Bertz CT molecular complexity index is 640. The number of methoxy groups -OCH3 is 1. The Morgan fingerprint density at radius 3 is 2.57 bits per heavy atom. The summed E-state index contributed by atoms with van der Waals surface area (Å²) in [6, 6.07) is 12.6. The summed E-state index contributed by atoms with van der Waals surface area (Å²) in [5, 5.41) is 3.24. The molecule has 0 aliphatic rings. The maximum absolute atomic E-state index is 13.2. The van der Waals surface area contributed by atoms with Crippen molar-refractivity contribution in [3.05, 3.63) is 65.0 Å². The number of ether oxygens (including phenoxy) is 1. The van der Waals surface area contributed by atoms with Crippen molar-refractivity contribution >= 4 is 11.7 Å². The average molecular weight is 287 g/mol. The number of hydrogen-bond donors (Lipinski definition) is 1. The lowest BCUT2D eigenvalue weighted by atomic mass is 10.0. The van der Waals surface area contributed by atoms with Gasteiger partial charge in [-0.05, 0) is 41.8 Å². The zero-order chi connectivity index (χ0) is 15.2. The lowest BCUT2D eigenvalue weighted by molar-refractivity contribution is -0.139. The van der Waals surface area contributed by atoms with Gasteiger partial charge in [0.25, 0.3) is 0 Å². The van der Waals surface area contributed by atoms with Crippen LogP contribution in [0.4, 0.5) is 10.1 Å². The van der Waals surface area contributed by atoms with Crippen molar-refractivity contribution in [2.24, 2.45) is 0 Å². The molecule has 1 N–H and O–H groups in total. The maximum Gasteiger partial charge on any atom is 0.309 e. The molecule has 0 saturated heterocycles. The summed E-state index contributed by atoms with van der Waals surface area (Å²) in [7, 11) is 1.38. The molecular weight excluding hydrogens is 269 g/mol. The molecule has 4 heteroatoms. The van der Waals surface area contributed by atoms with E-state index >= 15 is 0 Å². The first-order valence-corrected chi connectivity index (χ1v) is 6.74. The van der Waals surface area contributed by atoms with Crippen LogP contribution in [0, 0.1) is 12.7 Å². The molecule has 3 nitrogen and oxygen atoms in total. The number of carbonyl (C=O) groups excluding carboxylic acids is 1. The van der Waals surface area contributed by atoms with Crippen LogP contribution in [0.25, 0.3) is 0 Å². The molecule has 21 heavy (non-hydrogen) atoms. The van der Waals surface area contributed by atoms with Crippen molar-refractivity contribution in [2.75, 3.05) is 12.4 Å². The number of carbonyl (C=O) groups is 1. The third kappa shape index (κ3) is 4.05. The number of esters is 1. The van der Waals surface area contributed by atoms with Crippen LogP contribution in [0.5, 0.6) is 0 Å². The molecule has 0 saturated carbocycles. The monoisotopic (exact) mass is 287 g/mol. The Labute approximate surface area is 123 Å². The summed E-state index contributed by atoms with van der Waals surface area (Å²) < 4.78 is 17.9. The highest BCUT2D eigenvalue weighted by atomic mass is 19.1. The smallest absolute Gasteiger partial charge is 0.309 e. The molecule has 2 aromatic rings. The van der Waals surface area contributed by atoms with E-state index in [0.717, 1.165) is 16.8 Å². The first kappa shape index (κ1) is 15.0. The minimum absolute atomic E-state index is 0.216. The number of anilines is 1. The number of nitrogens with one attached hydrogen (secondary N) is 1. The summed E-state index contributed by atoms with van der Waals surface area (Å²) in [5.74, 6) is -0.480. The first-order valence-electron chi connectivity index (χ1n) is 6.74. The van der Waals surface area contributed by atoms with Crippen LogP contribution in [-0.2, 0) is 22.5 Å². The quantitative estimate of drug-likeness (QED) is 0.856. The van der Waals surface area contributed by atoms with Gasteiger partial charge in [-0.15, -0.1) is 0 Å². The minimum atomic E-state index is -0.264. The maximum atomic E-state index is 13.2. The molecule has 0 aromatic heterocycles. The standard InChI is InChI=1S/C17H18FNO2/c1-12-9-15(7-8-16(12)18)19-11-14-6-4-3-5-13(14)10-17(20)21-2/h3-9,19H,10-11H2,1-2H3. The van der Waals surface area contributed by atoms with Gasteiger partial charge < -0.3 is 10.1 Å². The number of hydrogen-bond acceptors (Lipinski definition) is 3. The van der Waals surface area contributed by atoms with Crippen molar-refractivity contribution in [2.45, 2.75) is 19.9 Å². The van der Waals surface area contributed by atoms with Crippen molar-refractivity contribution in [1.29, 1.82) is 0 Å². The largest absolute Gasteiger partial charge is 0.469 e. The lowest BCUT2D eigenvalue weighted by Crippen LogP contribution is -2.09. The zero-order valence-corrected chi connectivity index (χ0v) is 12.2. The predicted octanol–water partition coefficient (Wildman–Crippen LogP) is 3.46. The molecule has 0 radical (unpaired) electrons. The number of rotatable bonds is 5. The lowest BCUT2D eigenvalue weighted by Gasteiger charge is -2.11. The molecule has 0 aliphatic carbocycles. The summed E-state index contributed by atoms with van der Waals surface area (Å²) in [4.78, 5) is 11.4. The fraction of sp³-hybridized carbons (Fsp3) is 0.235. The molecule has 0 aliphatic heterocycles. The molecule has 0 atom stereocenters. The van der Waals surface area contributed by atoms with Gasteiger partial charge in [-0.1, -0.05) is 24.3 Å². The van der Waals surface area contributed by atoms with Gasteiger partial charge in [-0.2, -0.15) is 0 Å². The average Bonchev–Trinajstić information content (AvgIpc) is 2.49. The summed E-state index contributed by atoms with van der Waals surface area (Å²) in [6.45, 7) is 2.30. The topological polar surface area (TPSA) is 38.3 Å². The van der Waals surface area contributed by atoms with Gasteiger partial charge in [0.05, 0.1) is 13.5 Å². The highest BCUT2D eigenvalue weighted by molar-refractivity contribution is 5.72. The molecule has 0 fully saturated rings. The highest BCUT2D eigenvalue weighted by Crippen LogP contribution is 2.16. The summed E-state index contributed by atoms with van der Waals surface area (Å²) >= 11 is 0. The van der Waals surface area contributed by atoms with Crippen molar-refractivity contribution in [1.82, 2.24) is 0 Å². The van der Waals surface area contributed by atoms with Crippen LogP contribution >= 0.6 is 0 Å². The van der Waals surface area contributed by atoms with Crippen molar-refractivity contribution in [3.63, 3.8) is 0 Å². The van der Waals surface area contributed by atoms with Gasteiger partial charge in [0.2, 0.25) is 0 Å². The molecule has 0 unspecified atom stereocenters. The third-order valence-corrected chi connectivity index (χ3v) is 3.32.